The topological polar surface area (TPSA) is 35.5 Å². The summed E-state index contributed by atoms with van der Waals surface area (Å²) in [5.41, 5.74) is 2.63. The zero-order chi connectivity index (χ0) is 13.1. The highest BCUT2D eigenvalue weighted by atomic mass is 16.7. The fourth-order valence-electron chi connectivity index (χ4n) is 2.16. The smallest absolute Gasteiger partial charge is 0.341 e. The van der Waals surface area contributed by atoms with Crippen molar-refractivity contribution in [1.29, 1.82) is 0 Å². The van der Waals surface area contributed by atoms with E-state index in [0.717, 1.165) is 12.0 Å². The van der Waals surface area contributed by atoms with Crippen LogP contribution in [0.25, 0.3) is 0 Å². The Morgan fingerprint density at radius 1 is 1.00 bits per heavy atom. The van der Waals surface area contributed by atoms with Gasteiger partial charge in [-0.3, -0.25) is 0 Å². The van der Waals surface area contributed by atoms with Crippen molar-refractivity contribution in [3.8, 4) is 0 Å². The van der Waals surface area contributed by atoms with Gasteiger partial charge in [0.25, 0.3) is 0 Å². The third-order valence-electron chi connectivity index (χ3n) is 3.15. The average molecular weight is 254 g/mol. The monoisotopic (exact) mass is 254 g/mol. The highest BCUT2D eigenvalue weighted by Gasteiger charge is 2.30. The van der Waals surface area contributed by atoms with Gasteiger partial charge in [-0.2, -0.15) is 0 Å². The first kappa shape index (κ1) is 11.9. The van der Waals surface area contributed by atoms with Crippen LogP contribution in [-0.2, 0) is 15.9 Å². The molecule has 0 N–H and O–H groups in total. The number of rotatable bonds is 4. The highest BCUT2D eigenvalue weighted by molar-refractivity contribution is 5.93. The normalized spacial score (nSPS) is 17.1. The molecule has 3 rings (SSSR count). The number of hydrogen-bond acceptors (Lipinski definition) is 3. The maximum absolute atomic E-state index is 11.6. The van der Waals surface area contributed by atoms with Gasteiger partial charge in [0.2, 0.25) is 6.29 Å². The van der Waals surface area contributed by atoms with Gasteiger partial charge >= 0.3 is 5.97 Å². The number of carbonyl (C=O) groups excluding carboxylic acids is 1. The van der Waals surface area contributed by atoms with E-state index in [1.807, 2.05) is 36.4 Å². The molecular weight excluding hydrogens is 240 g/mol. The molecule has 2 aromatic carbocycles. The van der Waals surface area contributed by atoms with Gasteiger partial charge in [-0.05, 0) is 18.1 Å². The Morgan fingerprint density at radius 3 is 2.58 bits per heavy atom. The van der Waals surface area contributed by atoms with Gasteiger partial charge < -0.3 is 9.47 Å². The van der Waals surface area contributed by atoms with Crippen LogP contribution >= 0.6 is 0 Å². The average Bonchev–Trinajstić information content (AvgIpc) is 2.78. The van der Waals surface area contributed by atoms with Crippen LogP contribution in [0.3, 0.4) is 0 Å². The van der Waals surface area contributed by atoms with Crippen LogP contribution in [0.1, 0.15) is 27.8 Å². The predicted octanol–water partition coefficient (Wildman–Crippen LogP) is 3.11. The van der Waals surface area contributed by atoms with Crippen molar-refractivity contribution in [2.24, 2.45) is 0 Å². The fraction of sp³-hybridized carbons (Fsp3) is 0.188. The molecule has 3 nitrogen and oxygen atoms in total. The predicted molar refractivity (Wildman–Crippen MR) is 70.7 cm³/mol. The van der Waals surface area contributed by atoms with Crippen molar-refractivity contribution in [3.63, 3.8) is 0 Å². The highest BCUT2D eigenvalue weighted by Crippen LogP contribution is 2.31. The van der Waals surface area contributed by atoms with Gasteiger partial charge in [-0.25, -0.2) is 4.79 Å². The summed E-state index contributed by atoms with van der Waals surface area (Å²) in [4.78, 5) is 11.6. The lowest BCUT2D eigenvalue weighted by Crippen LogP contribution is -2.07. The molecule has 96 valence electrons. The summed E-state index contributed by atoms with van der Waals surface area (Å²) >= 11 is 0. The minimum Gasteiger partial charge on any atom is -0.428 e. The maximum atomic E-state index is 11.6. The van der Waals surface area contributed by atoms with E-state index in [9.17, 15) is 4.79 Å². The van der Waals surface area contributed by atoms with E-state index < -0.39 is 6.29 Å². The third-order valence-corrected chi connectivity index (χ3v) is 3.15. The Morgan fingerprint density at radius 2 is 1.74 bits per heavy atom. The molecule has 0 spiro atoms. The Kier molecular flexibility index (Phi) is 3.29. The van der Waals surface area contributed by atoms with E-state index in [0.29, 0.717) is 12.2 Å². The lowest BCUT2D eigenvalue weighted by molar-refractivity contribution is -0.102. The zero-order valence-corrected chi connectivity index (χ0v) is 10.4. The van der Waals surface area contributed by atoms with Gasteiger partial charge in [0.05, 0.1) is 12.2 Å². The molecular formula is C16H14O3. The van der Waals surface area contributed by atoms with Crippen LogP contribution < -0.4 is 0 Å². The third kappa shape index (κ3) is 2.51. The van der Waals surface area contributed by atoms with Crippen molar-refractivity contribution in [3.05, 3.63) is 71.3 Å². The first-order valence-corrected chi connectivity index (χ1v) is 6.30. The number of carbonyl (C=O) groups is 1. The molecule has 19 heavy (non-hydrogen) atoms. The SMILES string of the molecule is O=C1OC(OCCc2ccccc2)c2ccccc21. The molecule has 3 heteroatoms. The fourth-order valence-corrected chi connectivity index (χ4v) is 2.16. The lowest BCUT2D eigenvalue weighted by atomic mass is 10.1. The number of cyclic esters (lactones) is 1. The Balaban J connectivity index is 1.62. The summed E-state index contributed by atoms with van der Waals surface area (Å²) in [6, 6.07) is 17.4. The second-order valence-corrected chi connectivity index (χ2v) is 4.43. The lowest BCUT2D eigenvalue weighted by Gasteiger charge is -2.11. The number of hydrogen-bond donors (Lipinski definition) is 0. The second kappa shape index (κ2) is 5.24. The molecule has 2 aromatic rings. The molecule has 0 fully saturated rings. The van der Waals surface area contributed by atoms with Crippen LogP contribution in [-0.4, -0.2) is 12.6 Å². The molecule has 1 aliphatic rings. The quantitative estimate of drug-likeness (QED) is 0.786. The van der Waals surface area contributed by atoms with Gasteiger partial charge in [-0.1, -0.05) is 48.5 Å². The van der Waals surface area contributed by atoms with Crippen molar-refractivity contribution in [2.75, 3.05) is 6.61 Å². The molecule has 0 bridgehead atoms. The van der Waals surface area contributed by atoms with E-state index in [1.165, 1.54) is 5.56 Å². The summed E-state index contributed by atoms with van der Waals surface area (Å²) in [5.74, 6) is -0.305. The largest absolute Gasteiger partial charge is 0.428 e. The van der Waals surface area contributed by atoms with E-state index in [-0.39, 0.29) is 5.97 Å². The molecule has 0 saturated heterocycles. The van der Waals surface area contributed by atoms with Crippen LogP contribution in [0.5, 0.6) is 0 Å². The van der Waals surface area contributed by atoms with Crippen molar-refractivity contribution < 1.29 is 14.3 Å². The molecule has 1 heterocycles. The van der Waals surface area contributed by atoms with Crippen molar-refractivity contribution in [1.82, 2.24) is 0 Å². The van der Waals surface area contributed by atoms with Gasteiger partial charge in [-0.15, -0.1) is 0 Å². The number of benzene rings is 2. The number of ether oxygens (including phenoxy) is 2. The Labute approximate surface area is 111 Å². The molecule has 0 amide bonds. The van der Waals surface area contributed by atoms with Crippen LogP contribution in [0.2, 0.25) is 0 Å². The molecule has 0 radical (unpaired) electrons. The standard InChI is InChI=1S/C16H14O3/c17-15-13-8-4-5-9-14(13)16(19-15)18-11-10-12-6-2-1-3-7-12/h1-9,16H,10-11H2. The molecule has 0 aromatic heterocycles. The second-order valence-electron chi connectivity index (χ2n) is 4.43. The van der Waals surface area contributed by atoms with Gasteiger partial charge in [0.15, 0.2) is 0 Å². The molecule has 1 atom stereocenters. The van der Waals surface area contributed by atoms with E-state index >= 15 is 0 Å². The number of esters is 1. The number of fused-ring (bicyclic) bond motifs is 1. The maximum Gasteiger partial charge on any atom is 0.341 e. The van der Waals surface area contributed by atoms with E-state index in [1.54, 1.807) is 6.07 Å². The van der Waals surface area contributed by atoms with Crippen molar-refractivity contribution >= 4 is 5.97 Å². The Hall–Kier alpha value is -2.13. The van der Waals surface area contributed by atoms with Crippen LogP contribution in [0.4, 0.5) is 0 Å². The van der Waals surface area contributed by atoms with Crippen molar-refractivity contribution in [2.45, 2.75) is 12.7 Å². The minimum absolute atomic E-state index is 0.305. The molecule has 1 unspecified atom stereocenters. The van der Waals surface area contributed by atoms with E-state index in [4.69, 9.17) is 9.47 Å². The first-order chi connectivity index (χ1) is 9.34. The minimum atomic E-state index is -0.563. The van der Waals surface area contributed by atoms with Gasteiger partial charge in [0, 0.05) is 5.56 Å². The molecule has 0 saturated carbocycles. The summed E-state index contributed by atoms with van der Waals surface area (Å²) in [7, 11) is 0. The summed E-state index contributed by atoms with van der Waals surface area (Å²) in [5, 5.41) is 0. The molecule has 0 aliphatic carbocycles. The van der Waals surface area contributed by atoms with E-state index in [2.05, 4.69) is 12.1 Å². The van der Waals surface area contributed by atoms with Crippen LogP contribution in [0, 0.1) is 0 Å². The molecule has 1 aliphatic heterocycles. The summed E-state index contributed by atoms with van der Waals surface area (Å²) in [6.07, 6.45) is 0.240. The summed E-state index contributed by atoms with van der Waals surface area (Å²) < 4.78 is 10.9. The summed E-state index contributed by atoms with van der Waals surface area (Å²) in [6.45, 7) is 0.524. The zero-order valence-electron chi connectivity index (χ0n) is 10.4. The first-order valence-electron chi connectivity index (χ1n) is 6.30. The van der Waals surface area contributed by atoms with Gasteiger partial charge in [0.1, 0.15) is 0 Å². The van der Waals surface area contributed by atoms with Crippen LogP contribution in [0.15, 0.2) is 54.6 Å². The Bertz CT molecular complexity index is 578.